The summed E-state index contributed by atoms with van der Waals surface area (Å²) in [6.45, 7) is 3.22. The molecule has 114 valence electrons. The second kappa shape index (κ2) is 6.88. The number of rotatable bonds is 5. The van der Waals surface area contributed by atoms with Gasteiger partial charge >= 0.3 is 0 Å². The highest BCUT2D eigenvalue weighted by atomic mass is 32.2. The Hall–Kier alpha value is -1.94. The molecule has 1 heterocycles. The molecule has 1 saturated heterocycles. The van der Waals surface area contributed by atoms with Gasteiger partial charge in [0.1, 0.15) is 17.7 Å². The number of para-hydroxylation sites is 1. The van der Waals surface area contributed by atoms with E-state index in [0.29, 0.717) is 18.9 Å². The van der Waals surface area contributed by atoms with Gasteiger partial charge in [0.25, 0.3) is 0 Å². The first-order valence-corrected chi connectivity index (χ1v) is 8.45. The fourth-order valence-electron chi connectivity index (χ4n) is 2.60. The highest BCUT2D eigenvalue weighted by molar-refractivity contribution is 8.00. The molecular weight excluding hydrogens is 294 g/mol. The monoisotopic (exact) mass is 313 g/mol. The number of carbonyl (C=O) groups is 1. The second-order valence-corrected chi connectivity index (χ2v) is 6.34. The molecule has 1 aliphatic rings. The zero-order chi connectivity index (χ0) is 15.4. The maximum Gasteiger partial charge on any atom is 0.233 e. The smallest absolute Gasteiger partial charge is 0.233 e. The molecule has 2 aromatic carbocycles. The highest BCUT2D eigenvalue weighted by Gasteiger charge is 2.33. The van der Waals surface area contributed by atoms with Crippen molar-refractivity contribution in [1.82, 2.24) is 4.90 Å². The molecule has 0 spiro atoms. The molecule has 0 saturated carbocycles. The number of nitrogens with zero attached hydrogens (tertiary/aromatic N) is 1. The van der Waals surface area contributed by atoms with Gasteiger partial charge in [0.05, 0.1) is 12.3 Å². The number of benzene rings is 2. The SMILES string of the molecule is Cc1ccccc1C1SCC(=O)N1CCOc1ccccc1. The lowest BCUT2D eigenvalue weighted by molar-refractivity contribution is -0.128. The van der Waals surface area contributed by atoms with E-state index in [1.54, 1.807) is 11.8 Å². The standard InChI is InChI=1S/C18H19NO2S/c1-14-7-5-6-10-16(14)18-19(17(20)13-22-18)11-12-21-15-8-3-2-4-9-15/h2-10,18H,11-13H2,1H3. The lowest BCUT2D eigenvalue weighted by Crippen LogP contribution is -2.32. The van der Waals surface area contributed by atoms with E-state index in [2.05, 4.69) is 19.1 Å². The first-order valence-electron chi connectivity index (χ1n) is 7.40. The van der Waals surface area contributed by atoms with E-state index in [-0.39, 0.29) is 11.3 Å². The van der Waals surface area contributed by atoms with E-state index in [1.807, 2.05) is 47.4 Å². The van der Waals surface area contributed by atoms with Crippen LogP contribution in [0.4, 0.5) is 0 Å². The van der Waals surface area contributed by atoms with Crippen LogP contribution in [0.15, 0.2) is 54.6 Å². The lowest BCUT2D eigenvalue weighted by Gasteiger charge is -2.25. The fourth-order valence-corrected chi connectivity index (χ4v) is 3.91. The highest BCUT2D eigenvalue weighted by Crippen LogP contribution is 2.39. The average molecular weight is 313 g/mol. The van der Waals surface area contributed by atoms with Crippen LogP contribution in [0.25, 0.3) is 0 Å². The number of hydrogen-bond acceptors (Lipinski definition) is 3. The van der Waals surface area contributed by atoms with E-state index in [0.717, 1.165) is 5.75 Å². The van der Waals surface area contributed by atoms with Crippen molar-refractivity contribution >= 4 is 17.7 Å². The summed E-state index contributed by atoms with van der Waals surface area (Å²) >= 11 is 1.69. The predicted molar refractivity (Wildman–Crippen MR) is 90.0 cm³/mol. The zero-order valence-electron chi connectivity index (χ0n) is 12.6. The summed E-state index contributed by atoms with van der Waals surface area (Å²) in [5.74, 6) is 1.58. The fraction of sp³-hybridized carbons (Fsp3) is 0.278. The van der Waals surface area contributed by atoms with E-state index in [9.17, 15) is 4.79 Å². The maximum atomic E-state index is 12.2. The molecule has 22 heavy (non-hydrogen) atoms. The van der Waals surface area contributed by atoms with Crippen LogP contribution in [0.5, 0.6) is 5.75 Å². The zero-order valence-corrected chi connectivity index (χ0v) is 13.4. The van der Waals surface area contributed by atoms with Gasteiger partial charge < -0.3 is 9.64 Å². The minimum atomic E-state index is 0.105. The minimum absolute atomic E-state index is 0.105. The molecular formula is C18H19NO2S. The molecule has 3 rings (SSSR count). The summed E-state index contributed by atoms with van der Waals surface area (Å²) in [6, 6.07) is 18.0. The number of hydrogen-bond donors (Lipinski definition) is 0. The summed E-state index contributed by atoms with van der Waals surface area (Å²) < 4.78 is 5.73. The third-order valence-corrected chi connectivity index (χ3v) is 5.00. The largest absolute Gasteiger partial charge is 0.492 e. The van der Waals surface area contributed by atoms with Gasteiger partial charge in [0.2, 0.25) is 5.91 Å². The van der Waals surface area contributed by atoms with Gasteiger partial charge in [0.15, 0.2) is 0 Å². The summed E-state index contributed by atoms with van der Waals surface area (Å²) in [5, 5.41) is 0.105. The topological polar surface area (TPSA) is 29.5 Å². The Kier molecular flexibility index (Phi) is 4.68. The summed E-state index contributed by atoms with van der Waals surface area (Å²) in [4.78, 5) is 14.1. The van der Waals surface area contributed by atoms with Crippen molar-refractivity contribution in [2.24, 2.45) is 0 Å². The predicted octanol–water partition coefficient (Wildman–Crippen LogP) is 3.65. The molecule has 0 aliphatic carbocycles. The van der Waals surface area contributed by atoms with E-state index < -0.39 is 0 Å². The summed E-state index contributed by atoms with van der Waals surface area (Å²) in [5.41, 5.74) is 2.45. The normalized spacial score (nSPS) is 17.8. The van der Waals surface area contributed by atoms with Crippen LogP contribution in [0.1, 0.15) is 16.5 Å². The molecule has 0 bridgehead atoms. The van der Waals surface area contributed by atoms with Crippen LogP contribution in [0.3, 0.4) is 0 Å². The molecule has 1 fully saturated rings. The van der Waals surface area contributed by atoms with Crippen molar-refractivity contribution in [3.8, 4) is 5.75 Å². The lowest BCUT2D eigenvalue weighted by atomic mass is 10.1. The van der Waals surface area contributed by atoms with Crippen LogP contribution in [0.2, 0.25) is 0 Å². The van der Waals surface area contributed by atoms with Crippen LogP contribution < -0.4 is 4.74 Å². The number of amides is 1. The Balaban J connectivity index is 1.66. The van der Waals surface area contributed by atoms with Gasteiger partial charge in [-0.25, -0.2) is 0 Å². The Morgan fingerprint density at radius 2 is 1.86 bits per heavy atom. The average Bonchev–Trinajstić information content (AvgIpc) is 2.90. The molecule has 0 aromatic heterocycles. The van der Waals surface area contributed by atoms with Crippen molar-refractivity contribution in [3.63, 3.8) is 0 Å². The summed E-state index contributed by atoms with van der Waals surface area (Å²) in [7, 11) is 0. The molecule has 0 N–H and O–H groups in total. The van der Waals surface area contributed by atoms with Crippen molar-refractivity contribution in [2.45, 2.75) is 12.3 Å². The quantitative estimate of drug-likeness (QED) is 0.844. The van der Waals surface area contributed by atoms with E-state index >= 15 is 0 Å². The number of carbonyl (C=O) groups excluding carboxylic acids is 1. The first kappa shape index (κ1) is 15.0. The van der Waals surface area contributed by atoms with Gasteiger partial charge in [0, 0.05) is 0 Å². The Morgan fingerprint density at radius 3 is 2.64 bits per heavy atom. The molecule has 1 amide bonds. The second-order valence-electron chi connectivity index (χ2n) is 5.27. The Bertz CT molecular complexity index is 645. The van der Waals surface area contributed by atoms with Crippen molar-refractivity contribution < 1.29 is 9.53 Å². The van der Waals surface area contributed by atoms with Crippen LogP contribution in [0, 0.1) is 6.92 Å². The van der Waals surface area contributed by atoms with E-state index in [4.69, 9.17) is 4.74 Å². The van der Waals surface area contributed by atoms with Crippen molar-refractivity contribution in [3.05, 3.63) is 65.7 Å². The number of ether oxygens (including phenoxy) is 1. The van der Waals surface area contributed by atoms with Crippen molar-refractivity contribution in [1.29, 1.82) is 0 Å². The van der Waals surface area contributed by atoms with Crippen LogP contribution in [-0.4, -0.2) is 29.7 Å². The molecule has 2 aromatic rings. The first-order chi connectivity index (χ1) is 10.8. The van der Waals surface area contributed by atoms with Gasteiger partial charge in [-0.3, -0.25) is 4.79 Å². The van der Waals surface area contributed by atoms with Crippen LogP contribution >= 0.6 is 11.8 Å². The Labute approximate surface area is 135 Å². The molecule has 0 radical (unpaired) electrons. The van der Waals surface area contributed by atoms with Crippen LogP contribution in [-0.2, 0) is 4.79 Å². The molecule has 3 nitrogen and oxygen atoms in total. The van der Waals surface area contributed by atoms with Gasteiger partial charge in [-0.2, -0.15) is 0 Å². The number of thioether (sulfide) groups is 1. The molecule has 1 atom stereocenters. The van der Waals surface area contributed by atoms with Gasteiger partial charge in [-0.05, 0) is 30.2 Å². The molecule has 4 heteroatoms. The molecule has 1 unspecified atom stereocenters. The van der Waals surface area contributed by atoms with E-state index in [1.165, 1.54) is 11.1 Å². The maximum absolute atomic E-state index is 12.2. The molecule has 1 aliphatic heterocycles. The van der Waals surface area contributed by atoms with Crippen molar-refractivity contribution in [2.75, 3.05) is 18.9 Å². The minimum Gasteiger partial charge on any atom is -0.492 e. The Morgan fingerprint density at radius 1 is 1.14 bits per heavy atom. The third-order valence-electron chi connectivity index (χ3n) is 3.77. The van der Waals surface area contributed by atoms with Gasteiger partial charge in [-0.15, -0.1) is 11.8 Å². The number of aryl methyl sites for hydroxylation is 1. The summed E-state index contributed by atoms with van der Waals surface area (Å²) in [6.07, 6.45) is 0. The third kappa shape index (κ3) is 3.28. The van der Waals surface area contributed by atoms with Gasteiger partial charge in [-0.1, -0.05) is 42.5 Å².